The zero-order valence-corrected chi connectivity index (χ0v) is 17.0. The van der Waals surface area contributed by atoms with Crippen molar-refractivity contribution in [1.29, 1.82) is 0 Å². The van der Waals surface area contributed by atoms with E-state index in [2.05, 4.69) is 29.5 Å². The summed E-state index contributed by atoms with van der Waals surface area (Å²) < 4.78 is 21.7. The molecule has 0 atom stereocenters. The molecule has 6 heteroatoms. The van der Waals surface area contributed by atoms with Crippen LogP contribution in [0, 0.1) is 12.7 Å². The van der Waals surface area contributed by atoms with Crippen molar-refractivity contribution in [3.63, 3.8) is 0 Å². The maximum absolute atomic E-state index is 14.6. The van der Waals surface area contributed by atoms with Crippen molar-refractivity contribution in [2.75, 3.05) is 6.61 Å². The van der Waals surface area contributed by atoms with Crippen LogP contribution < -0.4 is 10.1 Å². The molecule has 0 unspecified atom stereocenters. The number of nitrogens with one attached hydrogen (secondary N) is 1. The summed E-state index contributed by atoms with van der Waals surface area (Å²) in [4.78, 5) is 12.3. The first-order valence-corrected chi connectivity index (χ1v) is 9.87. The summed E-state index contributed by atoms with van der Waals surface area (Å²) in [6.07, 6.45) is 9.72. The number of amides is 1. The van der Waals surface area contributed by atoms with Gasteiger partial charge in [0.2, 0.25) is 0 Å². The number of carbonyl (C=O) groups is 1. The van der Waals surface area contributed by atoms with Gasteiger partial charge in [0.05, 0.1) is 12.3 Å². The molecular formula is C22H30FN3O2. The first-order valence-electron chi connectivity index (χ1n) is 9.87. The van der Waals surface area contributed by atoms with Crippen LogP contribution in [0.4, 0.5) is 4.39 Å². The molecule has 2 aromatic rings. The van der Waals surface area contributed by atoms with Crippen LogP contribution in [-0.4, -0.2) is 22.3 Å². The Labute approximate surface area is 166 Å². The van der Waals surface area contributed by atoms with E-state index in [1.54, 1.807) is 31.3 Å². The monoisotopic (exact) mass is 387 g/mol. The number of carbonyl (C=O) groups excluding carboxylic acids is 1. The fourth-order valence-corrected chi connectivity index (χ4v) is 2.88. The Morgan fingerprint density at radius 2 is 2.07 bits per heavy atom. The van der Waals surface area contributed by atoms with E-state index in [0.717, 1.165) is 18.5 Å². The molecule has 0 aliphatic carbocycles. The number of hydrogen-bond acceptors (Lipinski definition) is 3. The minimum atomic E-state index is -0.434. The van der Waals surface area contributed by atoms with Crippen LogP contribution in [0.3, 0.4) is 0 Å². The van der Waals surface area contributed by atoms with Crippen LogP contribution in [0.25, 0.3) is 0 Å². The lowest BCUT2D eigenvalue weighted by atomic mass is 10.2. The van der Waals surface area contributed by atoms with E-state index in [1.807, 2.05) is 6.92 Å². The fourth-order valence-electron chi connectivity index (χ4n) is 2.88. The molecule has 0 bridgehead atoms. The number of hydrogen-bond donors (Lipinski definition) is 1. The van der Waals surface area contributed by atoms with Crippen LogP contribution in [0.15, 0.2) is 36.4 Å². The van der Waals surface area contributed by atoms with Crippen molar-refractivity contribution in [1.82, 2.24) is 15.1 Å². The number of aromatic nitrogens is 2. The molecule has 152 valence electrons. The molecule has 1 aromatic heterocycles. The molecule has 1 N–H and O–H groups in total. The number of nitrogens with zero attached hydrogens (tertiary/aromatic N) is 2. The van der Waals surface area contributed by atoms with Gasteiger partial charge in [-0.2, -0.15) is 5.10 Å². The largest absolute Gasteiger partial charge is 0.490 e. The van der Waals surface area contributed by atoms with Crippen LogP contribution in [0.2, 0.25) is 0 Å². The van der Waals surface area contributed by atoms with Gasteiger partial charge in [-0.1, -0.05) is 44.1 Å². The molecule has 1 aromatic carbocycles. The van der Waals surface area contributed by atoms with Crippen LogP contribution >= 0.6 is 0 Å². The molecule has 0 aliphatic rings. The maximum atomic E-state index is 14.6. The third kappa shape index (κ3) is 6.51. The van der Waals surface area contributed by atoms with Gasteiger partial charge in [0.1, 0.15) is 5.69 Å². The van der Waals surface area contributed by atoms with Gasteiger partial charge in [-0.3, -0.25) is 9.48 Å². The van der Waals surface area contributed by atoms with E-state index in [4.69, 9.17) is 4.74 Å². The average Bonchev–Trinajstić information content (AvgIpc) is 3.02. The van der Waals surface area contributed by atoms with Gasteiger partial charge < -0.3 is 10.1 Å². The lowest BCUT2D eigenvalue weighted by Gasteiger charge is -2.10. The molecule has 0 aliphatic heterocycles. The van der Waals surface area contributed by atoms with E-state index in [-0.39, 0.29) is 18.2 Å². The molecule has 0 saturated carbocycles. The summed E-state index contributed by atoms with van der Waals surface area (Å²) >= 11 is 0. The number of aryl methyl sites for hydroxylation is 2. The SMILES string of the molecule is CCCCCC=CCCOc1cccc(CNC(=O)c2cc(C)nn2C)c1F. The van der Waals surface area contributed by atoms with Crippen LogP contribution in [0.5, 0.6) is 5.75 Å². The fraction of sp³-hybridized carbons (Fsp3) is 0.455. The second kappa shape index (κ2) is 11.3. The van der Waals surface area contributed by atoms with Crippen molar-refractivity contribution in [3.8, 4) is 5.75 Å². The highest BCUT2D eigenvalue weighted by atomic mass is 19.1. The highest BCUT2D eigenvalue weighted by Gasteiger charge is 2.14. The molecule has 28 heavy (non-hydrogen) atoms. The van der Waals surface area contributed by atoms with Crippen molar-refractivity contribution < 1.29 is 13.9 Å². The average molecular weight is 387 g/mol. The van der Waals surface area contributed by atoms with Gasteiger partial charge in [0.15, 0.2) is 11.6 Å². The highest BCUT2D eigenvalue weighted by Crippen LogP contribution is 2.21. The first-order chi connectivity index (χ1) is 13.5. The molecule has 0 spiro atoms. The minimum absolute atomic E-state index is 0.0867. The number of benzene rings is 1. The van der Waals surface area contributed by atoms with Gasteiger partial charge in [-0.05, 0) is 38.3 Å². The normalized spacial score (nSPS) is 11.1. The second-order valence-corrected chi connectivity index (χ2v) is 6.81. The van der Waals surface area contributed by atoms with Crippen molar-refractivity contribution in [2.45, 2.75) is 52.5 Å². The number of unbranched alkanes of at least 4 members (excludes halogenated alkanes) is 3. The first kappa shape index (κ1) is 21.7. The molecule has 5 nitrogen and oxygen atoms in total. The van der Waals surface area contributed by atoms with E-state index in [1.165, 1.54) is 23.9 Å². The summed E-state index contributed by atoms with van der Waals surface area (Å²) in [5.74, 6) is -0.513. The van der Waals surface area contributed by atoms with Crippen molar-refractivity contribution in [2.24, 2.45) is 7.05 Å². The van der Waals surface area contributed by atoms with E-state index < -0.39 is 5.82 Å². The third-order valence-corrected chi connectivity index (χ3v) is 4.40. The Kier molecular flexibility index (Phi) is 8.72. The Morgan fingerprint density at radius 3 is 2.79 bits per heavy atom. The Bertz CT molecular complexity index is 799. The molecule has 0 radical (unpaired) electrons. The molecule has 0 saturated heterocycles. The Morgan fingerprint density at radius 1 is 1.29 bits per heavy atom. The van der Waals surface area contributed by atoms with E-state index in [9.17, 15) is 9.18 Å². The third-order valence-electron chi connectivity index (χ3n) is 4.40. The van der Waals surface area contributed by atoms with Crippen molar-refractivity contribution >= 4 is 5.91 Å². The number of halogens is 1. The van der Waals surface area contributed by atoms with Gasteiger partial charge in [0, 0.05) is 19.2 Å². The quantitative estimate of drug-likeness (QED) is 0.449. The molecular weight excluding hydrogens is 357 g/mol. The number of ether oxygens (including phenoxy) is 1. The Hall–Kier alpha value is -2.63. The minimum Gasteiger partial charge on any atom is -0.490 e. The smallest absolute Gasteiger partial charge is 0.269 e. The van der Waals surface area contributed by atoms with Gasteiger partial charge >= 0.3 is 0 Å². The number of allylic oxidation sites excluding steroid dienone is 1. The topological polar surface area (TPSA) is 56.1 Å². The zero-order chi connectivity index (χ0) is 20.4. The van der Waals surface area contributed by atoms with Gasteiger partial charge in [-0.15, -0.1) is 0 Å². The highest BCUT2D eigenvalue weighted by molar-refractivity contribution is 5.92. The summed E-state index contributed by atoms with van der Waals surface area (Å²) in [5.41, 5.74) is 1.59. The lowest BCUT2D eigenvalue weighted by Crippen LogP contribution is -2.25. The van der Waals surface area contributed by atoms with Crippen LogP contribution in [-0.2, 0) is 13.6 Å². The van der Waals surface area contributed by atoms with E-state index >= 15 is 0 Å². The maximum Gasteiger partial charge on any atom is 0.269 e. The molecule has 2 rings (SSSR count). The summed E-state index contributed by atoms with van der Waals surface area (Å²) in [5, 5.41) is 6.88. The summed E-state index contributed by atoms with van der Waals surface area (Å²) in [6, 6.07) is 6.68. The number of rotatable bonds is 11. The Balaban J connectivity index is 1.83. The molecule has 1 heterocycles. The molecule has 0 fully saturated rings. The van der Waals surface area contributed by atoms with E-state index in [0.29, 0.717) is 17.9 Å². The zero-order valence-electron chi connectivity index (χ0n) is 17.0. The summed E-state index contributed by atoms with van der Waals surface area (Å²) in [7, 11) is 1.70. The van der Waals surface area contributed by atoms with Gasteiger partial charge in [-0.25, -0.2) is 4.39 Å². The lowest BCUT2D eigenvalue weighted by molar-refractivity contribution is 0.0941. The predicted octanol–water partition coefficient (Wildman–Crippen LogP) is 4.70. The summed E-state index contributed by atoms with van der Waals surface area (Å²) in [6.45, 7) is 4.51. The van der Waals surface area contributed by atoms with Crippen LogP contribution in [0.1, 0.15) is 60.8 Å². The molecule has 1 amide bonds. The predicted molar refractivity (Wildman–Crippen MR) is 109 cm³/mol. The standard InChI is InChI=1S/C22H30FN3O2/c1-4-5-6-7-8-9-10-14-28-20-13-11-12-18(21(20)23)16-24-22(27)19-15-17(2)25-26(19)3/h8-9,11-13,15H,4-7,10,14,16H2,1-3H3,(H,24,27). The van der Waals surface area contributed by atoms with Gasteiger partial charge in [0.25, 0.3) is 5.91 Å². The second-order valence-electron chi connectivity index (χ2n) is 6.81. The van der Waals surface area contributed by atoms with Crippen molar-refractivity contribution in [3.05, 3.63) is 59.2 Å².